The van der Waals surface area contributed by atoms with Gasteiger partial charge in [0.2, 0.25) is 0 Å². The maximum atomic E-state index is 11.4. The van der Waals surface area contributed by atoms with Crippen molar-refractivity contribution in [2.24, 2.45) is 0 Å². The van der Waals surface area contributed by atoms with Gasteiger partial charge in [-0.25, -0.2) is 0 Å². The van der Waals surface area contributed by atoms with Gasteiger partial charge in [-0.1, -0.05) is 18.2 Å². The molecule has 0 radical (unpaired) electrons. The number of benzene rings is 1. The summed E-state index contributed by atoms with van der Waals surface area (Å²) < 4.78 is 6.54. The van der Waals surface area contributed by atoms with Crippen molar-refractivity contribution in [3.8, 4) is 0 Å². The van der Waals surface area contributed by atoms with Crippen LogP contribution in [0.4, 0.5) is 0 Å². The van der Waals surface area contributed by atoms with E-state index in [-0.39, 0.29) is 12.6 Å². The van der Waals surface area contributed by atoms with Crippen LogP contribution in [0.25, 0.3) is 10.1 Å². The van der Waals surface area contributed by atoms with Crippen LogP contribution in [0.2, 0.25) is 0 Å². The first-order chi connectivity index (χ1) is 9.66. The molecule has 106 valence electrons. The molecule has 0 spiro atoms. The fraction of sp³-hybridized carbons (Fsp3) is 0.400. The van der Waals surface area contributed by atoms with Crippen molar-refractivity contribution < 1.29 is 14.6 Å². The third kappa shape index (κ3) is 2.44. The molecule has 1 aromatic heterocycles. The molecular formula is C15H17NO3S. The zero-order valence-electron chi connectivity index (χ0n) is 11.3. The molecule has 1 aliphatic rings. The number of carboxylic acids is 1. The predicted octanol–water partition coefficient (Wildman–Crippen LogP) is 2.75. The second-order valence-electron chi connectivity index (χ2n) is 5.03. The second kappa shape index (κ2) is 5.52. The Labute approximate surface area is 121 Å². The summed E-state index contributed by atoms with van der Waals surface area (Å²) in [6.45, 7) is 3.60. The highest BCUT2D eigenvalue weighted by Gasteiger charge is 2.33. The summed E-state index contributed by atoms with van der Waals surface area (Å²) in [7, 11) is 0. The number of aliphatic carboxylic acids is 1. The SMILES string of the molecule is CC(c1cc2ccccc2s1)N1CCOCC1C(=O)O. The summed E-state index contributed by atoms with van der Waals surface area (Å²) in [4.78, 5) is 14.6. The number of hydrogen-bond acceptors (Lipinski definition) is 4. The summed E-state index contributed by atoms with van der Waals surface area (Å²) >= 11 is 1.74. The minimum absolute atomic E-state index is 0.0948. The van der Waals surface area contributed by atoms with Gasteiger partial charge in [0.15, 0.2) is 0 Å². The first-order valence-corrected chi connectivity index (χ1v) is 7.53. The third-order valence-corrected chi connectivity index (χ3v) is 5.10. The molecule has 2 unspecified atom stereocenters. The Bertz CT molecular complexity index is 591. The van der Waals surface area contributed by atoms with Crippen molar-refractivity contribution in [3.63, 3.8) is 0 Å². The molecule has 1 aromatic carbocycles. The number of ether oxygens (including phenoxy) is 1. The zero-order chi connectivity index (χ0) is 14.1. The molecule has 1 aliphatic heterocycles. The molecule has 0 bridgehead atoms. The van der Waals surface area contributed by atoms with Crippen molar-refractivity contribution in [1.29, 1.82) is 0 Å². The standard InChI is InChI=1S/C15H17NO3S/c1-10(16-6-7-19-9-12(16)15(17)18)14-8-11-4-2-3-5-13(11)20-14/h2-5,8,10,12H,6-7,9H2,1H3,(H,17,18). The van der Waals surface area contributed by atoms with Gasteiger partial charge in [0.1, 0.15) is 6.04 Å². The van der Waals surface area contributed by atoms with Crippen molar-refractivity contribution in [2.75, 3.05) is 19.8 Å². The smallest absolute Gasteiger partial charge is 0.323 e. The predicted molar refractivity (Wildman–Crippen MR) is 79.2 cm³/mol. The van der Waals surface area contributed by atoms with Gasteiger partial charge in [-0.2, -0.15) is 0 Å². The van der Waals surface area contributed by atoms with E-state index < -0.39 is 12.0 Å². The van der Waals surface area contributed by atoms with Gasteiger partial charge in [-0.05, 0) is 24.4 Å². The molecule has 0 saturated carbocycles. The van der Waals surface area contributed by atoms with E-state index >= 15 is 0 Å². The quantitative estimate of drug-likeness (QED) is 0.944. The van der Waals surface area contributed by atoms with Crippen LogP contribution in [0.5, 0.6) is 0 Å². The van der Waals surface area contributed by atoms with Gasteiger partial charge in [0.25, 0.3) is 0 Å². The van der Waals surface area contributed by atoms with E-state index in [1.54, 1.807) is 11.3 Å². The molecule has 3 rings (SSSR count). The maximum absolute atomic E-state index is 11.4. The summed E-state index contributed by atoms with van der Waals surface area (Å²) in [5, 5.41) is 10.5. The zero-order valence-corrected chi connectivity index (χ0v) is 12.1. The summed E-state index contributed by atoms with van der Waals surface area (Å²) in [5.74, 6) is -0.808. The first-order valence-electron chi connectivity index (χ1n) is 6.71. The number of nitrogens with zero attached hydrogens (tertiary/aromatic N) is 1. The third-order valence-electron chi connectivity index (χ3n) is 3.81. The number of hydrogen-bond donors (Lipinski definition) is 1. The Morgan fingerprint density at radius 1 is 1.50 bits per heavy atom. The molecule has 4 nitrogen and oxygen atoms in total. The van der Waals surface area contributed by atoms with Gasteiger partial charge >= 0.3 is 5.97 Å². The number of thiophene rings is 1. The molecule has 1 saturated heterocycles. The minimum atomic E-state index is -0.808. The van der Waals surface area contributed by atoms with Crippen molar-refractivity contribution in [1.82, 2.24) is 4.90 Å². The van der Waals surface area contributed by atoms with Gasteiger partial charge in [-0.15, -0.1) is 11.3 Å². The second-order valence-corrected chi connectivity index (χ2v) is 6.14. The van der Waals surface area contributed by atoms with E-state index in [0.717, 1.165) is 0 Å². The summed E-state index contributed by atoms with van der Waals surface area (Å²) in [6, 6.07) is 9.96. The molecule has 0 amide bonds. The van der Waals surface area contributed by atoms with Crippen LogP contribution in [0.1, 0.15) is 17.8 Å². The normalized spacial score (nSPS) is 21.9. The van der Waals surface area contributed by atoms with Gasteiger partial charge in [-0.3, -0.25) is 9.69 Å². The van der Waals surface area contributed by atoms with Crippen LogP contribution in [0.3, 0.4) is 0 Å². The van der Waals surface area contributed by atoms with Gasteiger partial charge in [0, 0.05) is 22.2 Å². The van der Waals surface area contributed by atoms with Crippen LogP contribution < -0.4 is 0 Å². The fourth-order valence-corrected chi connectivity index (χ4v) is 3.80. The van der Waals surface area contributed by atoms with E-state index in [1.165, 1.54) is 15.0 Å². The van der Waals surface area contributed by atoms with E-state index in [1.807, 2.05) is 17.0 Å². The lowest BCUT2D eigenvalue weighted by molar-refractivity contribution is -0.151. The van der Waals surface area contributed by atoms with E-state index in [0.29, 0.717) is 13.2 Å². The molecule has 1 fully saturated rings. The van der Waals surface area contributed by atoms with Gasteiger partial charge < -0.3 is 9.84 Å². The van der Waals surface area contributed by atoms with E-state index in [9.17, 15) is 9.90 Å². The number of fused-ring (bicyclic) bond motifs is 1. The average Bonchev–Trinajstić information content (AvgIpc) is 2.90. The summed E-state index contributed by atoms with van der Waals surface area (Å²) in [6.07, 6.45) is 0. The van der Waals surface area contributed by atoms with Crippen molar-refractivity contribution >= 4 is 27.4 Å². The maximum Gasteiger partial charge on any atom is 0.323 e. The van der Waals surface area contributed by atoms with Crippen molar-refractivity contribution in [2.45, 2.75) is 19.0 Å². The van der Waals surface area contributed by atoms with Crippen LogP contribution in [0.15, 0.2) is 30.3 Å². The highest BCUT2D eigenvalue weighted by atomic mass is 32.1. The molecule has 2 atom stereocenters. The highest BCUT2D eigenvalue weighted by Crippen LogP contribution is 2.33. The lowest BCUT2D eigenvalue weighted by Crippen LogP contribution is -2.50. The van der Waals surface area contributed by atoms with Crippen LogP contribution in [-0.4, -0.2) is 41.8 Å². The fourth-order valence-electron chi connectivity index (χ4n) is 2.66. The average molecular weight is 291 g/mol. The number of carboxylic acid groups (broad SMARTS) is 1. The molecule has 0 aliphatic carbocycles. The van der Waals surface area contributed by atoms with Crippen LogP contribution >= 0.6 is 11.3 Å². The lowest BCUT2D eigenvalue weighted by Gasteiger charge is -2.36. The van der Waals surface area contributed by atoms with Gasteiger partial charge in [0.05, 0.1) is 13.2 Å². The summed E-state index contributed by atoms with van der Waals surface area (Å²) in [5.41, 5.74) is 0. The minimum Gasteiger partial charge on any atom is -0.480 e. The Kier molecular flexibility index (Phi) is 3.74. The Morgan fingerprint density at radius 2 is 2.30 bits per heavy atom. The number of carbonyl (C=O) groups is 1. The van der Waals surface area contributed by atoms with Crippen LogP contribution in [0, 0.1) is 0 Å². The molecule has 20 heavy (non-hydrogen) atoms. The van der Waals surface area contributed by atoms with Crippen molar-refractivity contribution in [3.05, 3.63) is 35.2 Å². The Hall–Kier alpha value is -1.43. The Balaban J connectivity index is 1.89. The molecule has 1 N–H and O–H groups in total. The van der Waals surface area contributed by atoms with E-state index in [4.69, 9.17) is 4.74 Å². The number of morpholine rings is 1. The molecule has 2 aromatic rings. The molecule has 5 heteroatoms. The molecular weight excluding hydrogens is 274 g/mol. The lowest BCUT2D eigenvalue weighted by atomic mass is 10.1. The van der Waals surface area contributed by atoms with Crippen LogP contribution in [-0.2, 0) is 9.53 Å². The monoisotopic (exact) mass is 291 g/mol. The topological polar surface area (TPSA) is 49.8 Å². The highest BCUT2D eigenvalue weighted by molar-refractivity contribution is 7.19. The van der Waals surface area contributed by atoms with E-state index in [2.05, 4.69) is 25.1 Å². The Morgan fingerprint density at radius 3 is 3.05 bits per heavy atom. The first kappa shape index (κ1) is 13.5. The number of rotatable bonds is 3. The molecule has 2 heterocycles. The largest absolute Gasteiger partial charge is 0.480 e.